The van der Waals surface area contributed by atoms with Crippen LogP contribution in [-0.2, 0) is 10.2 Å². The number of carbonyl (C=O) groups is 2. The van der Waals surface area contributed by atoms with Crippen molar-refractivity contribution in [2.45, 2.75) is 26.2 Å². The molecule has 0 aromatic heterocycles. The zero-order chi connectivity index (χ0) is 15.3. The van der Waals surface area contributed by atoms with Gasteiger partial charge in [-0.15, -0.1) is 6.58 Å². The lowest BCUT2D eigenvalue weighted by atomic mass is 9.83. The first-order valence-electron chi connectivity index (χ1n) is 6.49. The zero-order valence-electron chi connectivity index (χ0n) is 12.2. The smallest absolute Gasteiger partial charge is 0.323 e. The minimum atomic E-state index is -1.03. The van der Waals surface area contributed by atoms with Crippen molar-refractivity contribution in [1.82, 2.24) is 4.90 Å². The fourth-order valence-corrected chi connectivity index (χ4v) is 2.03. The molecule has 20 heavy (non-hydrogen) atoms. The third kappa shape index (κ3) is 3.95. The molecule has 1 aromatic rings. The molecule has 0 unspecified atom stereocenters. The summed E-state index contributed by atoms with van der Waals surface area (Å²) in [5.74, 6) is -1.31. The minimum absolute atomic E-state index is 0.185. The number of benzene rings is 1. The maximum absolute atomic E-state index is 12.6. The Balaban J connectivity index is 3.18. The molecular formula is C16H21NO3. The molecule has 4 heteroatoms. The van der Waals surface area contributed by atoms with E-state index in [9.17, 15) is 9.59 Å². The predicted molar refractivity (Wildman–Crippen MR) is 78.9 cm³/mol. The fraction of sp³-hybridized carbons (Fsp3) is 0.375. The molecule has 108 valence electrons. The molecule has 1 amide bonds. The third-order valence-corrected chi connectivity index (χ3v) is 2.93. The summed E-state index contributed by atoms with van der Waals surface area (Å²) in [7, 11) is 0. The van der Waals surface area contributed by atoms with E-state index in [0.29, 0.717) is 5.56 Å². The van der Waals surface area contributed by atoms with E-state index in [2.05, 4.69) is 6.58 Å². The van der Waals surface area contributed by atoms with E-state index < -0.39 is 5.97 Å². The number of carboxylic acids is 1. The number of carboxylic acid groups (broad SMARTS) is 1. The Morgan fingerprint density at radius 2 is 1.90 bits per heavy atom. The molecule has 0 spiro atoms. The third-order valence-electron chi connectivity index (χ3n) is 2.93. The second-order valence-corrected chi connectivity index (χ2v) is 5.66. The zero-order valence-corrected chi connectivity index (χ0v) is 12.2. The van der Waals surface area contributed by atoms with Crippen molar-refractivity contribution in [3.05, 3.63) is 48.0 Å². The Morgan fingerprint density at radius 1 is 1.30 bits per heavy atom. The van der Waals surface area contributed by atoms with Crippen LogP contribution in [-0.4, -0.2) is 35.0 Å². The van der Waals surface area contributed by atoms with Gasteiger partial charge in [0.2, 0.25) is 0 Å². The van der Waals surface area contributed by atoms with Gasteiger partial charge in [-0.2, -0.15) is 0 Å². The monoisotopic (exact) mass is 275 g/mol. The lowest BCUT2D eigenvalue weighted by molar-refractivity contribution is -0.137. The first-order chi connectivity index (χ1) is 9.27. The van der Waals surface area contributed by atoms with Crippen LogP contribution in [0.2, 0.25) is 0 Å². The van der Waals surface area contributed by atoms with Gasteiger partial charge in [0.05, 0.1) is 0 Å². The Kier molecular flexibility index (Phi) is 5.08. The van der Waals surface area contributed by atoms with Gasteiger partial charge in [0.15, 0.2) is 0 Å². The first-order valence-corrected chi connectivity index (χ1v) is 6.49. The van der Waals surface area contributed by atoms with E-state index in [0.717, 1.165) is 5.56 Å². The van der Waals surface area contributed by atoms with Gasteiger partial charge in [0.25, 0.3) is 5.91 Å². The van der Waals surface area contributed by atoms with Crippen LogP contribution >= 0.6 is 0 Å². The van der Waals surface area contributed by atoms with E-state index >= 15 is 0 Å². The molecule has 0 heterocycles. The predicted octanol–water partition coefficient (Wildman–Crippen LogP) is 2.70. The van der Waals surface area contributed by atoms with Crippen LogP contribution in [0.4, 0.5) is 0 Å². The van der Waals surface area contributed by atoms with Crippen molar-refractivity contribution in [2.75, 3.05) is 13.1 Å². The maximum atomic E-state index is 12.6. The average molecular weight is 275 g/mol. The summed E-state index contributed by atoms with van der Waals surface area (Å²) in [5, 5.41) is 8.91. The highest BCUT2D eigenvalue weighted by atomic mass is 16.4. The summed E-state index contributed by atoms with van der Waals surface area (Å²) < 4.78 is 0. The van der Waals surface area contributed by atoms with E-state index in [1.807, 2.05) is 32.9 Å². The van der Waals surface area contributed by atoms with Gasteiger partial charge in [-0.1, -0.05) is 45.0 Å². The molecule has 0 saturated carbocycles. The van der Waals surface area contributed by atoms with E-state index in [-0.39, 0.29) is 24.4 Å². The number of hydrogen-bond donors (Lipinski definition) is 1. The van der Waals surface area contributed by atoms with Crippen molar-refractivity contribution in [1.29, 1.82) is 0 Å². The number of hydrogen-bond acceptors (Lipinski definition) is 2. The second-order valence-electron chi connectivity index (χ2n) is 5.66. The van der Waals surface area contributed by atoms with E-state index in [1.54, 1.807) is 12.1 Å². The van der Waals surface area contributed by atoms with Crippen molar-refractivity contribution in [3.63, 3.8) is 0 Å². The molecule has 1 N–H and O–H groups in total. The molecule has 0 aliphatic rings. The molecule has 0 fully saturated rings. The van der Waals surface area contributed by atoms with Gasteiger partial charge >= 0.3 is 5.97 Å². The Bertz CT molecular complexity index is 515. The van der Waals surface area contributed by atoms with E-state index in [4.69, 9.17) is 5.11 Å². The molecule has 0 atom stereocenters. The summed E-state index contributed by atoms with van der Waals surface area (Å²) in [6.07, 6.45) is 1.53. The highest BCUT2D eigenvalue weighted by molar-refractivity contribution is 5.97. The van der Waals surface area contributed by atoms with E-state index in [1.165, 1.54) is 11.0 Å². The van der Waals surface area contributed by atoms with Crippen LogP contribution in [0.5, 0.6) is 0 Å². The minimum Gasteiger partial charge on any atom is -0.480 e. The average Bonchev–Trinajstić information content (AvgIpc) is 2.36. The summed E-state index contributed by atoms with van der Waals surface area (Å²) >= 11 is 0. The summed E-state index contributed by atoms with van der Waals surface area (Å²) in [4.78, 5) is 24.7. The molecule has 1 rings (SSSR count). The maximum Gasteiger partial charge on any atom is 0.323 e. The van der Waals surface area contributed by atoms with Gasteiger partial charge < -0.3 is 10.0 Å². The molecule has 0 saturated heterocycles. The lowest BCUT2D eigenvalue weighted by Gasteiger charge is -2.25. The van der Waals surface area contributed by atoms with Crippen LogP contribution in [0.3, 0.4) is 0 Å². The number of nitrogens with zero attached hydrogens (tertiary/aromatic N) is 1. The number of rotatable bonds is 5. The van der Waals surface area contributed by atoms with Crippen molar-refractivity contribution >= 4 is 11.9 Å². The molecule has 0 aliphatic heterocycles. The normalized spacial score (nSPS) is 10.9. The molecule has 0 bridgehead atoms. The van der Waals surface area contributed by atoms with Gasteiger partial charge in [0.1, 0.15) is 6.54 Å². The summed E-state index contributed by atoms with van der Waals surface area (Å²) in [5.41, 5.74) is 1.27. The van der Waals surface area contributed by atoms with Gasteiger partial charge in [0, 0.05) is 12.1 Å². The van der Waals surface area contributed by atoms with Crippen molar-refractivity contribution in [2.24, 2.45) is 0 Å². The molecule has 0 aliphatic carbocycles. The molecule has 4 nitrogen and oxygen atoms in total. The number of aliphatic carboxylic acids is 1. The van der Waals surface area contributed by atoms with Crippen molar-refractivity contribution < 1.29 is 14.7 Å². The number of carbonyl (C=O) groups excluding carboxylic acids is 1. The van der Waals surface area contributed by atoms with Crippen LogP contribution in [0.1, 0.15) is 36.7 Å². The SMILES string of the molecule is C=CCN(CC(=O)O)C(=O)c1ccccc1C(C)(C)C. The van der Waals surface area contributed by atoms with Crippen LogP contribution in [0.15, 0.2) is 36.9 Å². The quantitative estimate of drug-likeness (QED) is 0.841. The highest BCUT2D eigenvalue weighted by Gasteiger charge is 2.24. The largest absolute Gasteiger partial charge is 0.480 e. The Hall–Kier alpha value is -2.10. The molecule has 0 radical (unpaired) electrons. The van der Waals surface area contributed by atoms with Gasteiger partial charge in [-0.3, -0.25) is 9.59 Å². The lowest BCUT2D eigenvalue weighted by Crippen LogP contribution is -2.37. The summed E-state index contributed by atoms with van der Waals surface area (Å²) in [6.45, 7) is 9.52. The van der Waals surface area contributed by atoms with Gasteiger partial charge in [-0.25, -0.2) is 0 Å². The van der Waals surface area contributed by atoms with Crippen LogP contribution in [0.25, 0.3) is 0 Å². The van der Waals surface area contributed by atoms with Crippen LogP contribution in [0, 0.1) is 0 Å². The summed E-state index contributed by atoms with van der Waals surface area (Å²) in [6, 6.07) is 7.31. The fourth-order valence-electron chi connectivity index (χ4n) is 2.03. The Labute approximate surface area is 119 Å². The van der Waals surface area contributed by atoms with Crippen molar-refractivity contribution in [3.8, 4) is 0 Å². The first kappa shape index (κ1) is 16.0. The van der Waals surface area contributed by atoms with Crippen LogP contribution < -0.4 is 0 Å². The molecule has 1 aromatic carbocycles. The number of amides is 1. The topological polar surface area (TPSA) is 57.6 Å². The standard InChI is InChI=1S/C16H21NO3/c1-5-10-17(11-14(18)19)15(20)12-8-6-7-9-13(12)16(2,3)4/h5-9H,1,10-11H2,2-4H3,(H,18,19). The molecular weight excluding hydrogens is 254 g/mol. The van der Waals surface area contributed by atoms with Gasteiger partial charge in [-0.05, 0) is 17.0 Å². The second kappa shape index (κ2) is 6.37. The highest BCUT2D eigenvalue weighted by Crippen LogP contribution is 2.26. The Morgan fingerprint density at radius 3 is 2.40 bits per heavy atom.